The Bertz CT molecular complexity index is 219. The van der Waals surface area contributed by atoms with Crippen molar-refractivity contribution >= 4 is 5.97 Å². The quantitative estimate of drug-likeness (QED) is 0.608. The molecule has 68 valence electrons. The monoisotopic (exact) mass is 172 g/mol. The lowest BCUT2D eigenvalue weighted by Crippen LogP contribution is -2.27. The van der Waals surface area contributed by atoms with Gasteiger partial charge in [-0.15, -0.1) is 0 Å². The van der Waals surface area contributed by atoms with Gasteiger partial charge in [-0.3, -0.25) is 4.79 Å². The number of carboxylic acids is 1. The highest BCUT2D eigenvalue weighted by molar-refractivity contribution is 5.80. The molecule has 1 saturated carbocycles. The lowest BCUT2D eigenvalue weighted by atomic mass is 9.93. The molecule has 0 bridgehead atoms. The zero-order valence-corrected chi connectivity index (χ0v) is 6.75. The minimum absolute atomic E-state index is 0.242. The molecular formula is C8H12O4. The van der Waals surface area contributed by atoms with Crippen molar-refractivity contribution in [3.05, 3.63) is 0 Å². The van der Waals surface area contributed by atoms with Crippen molar-refractivity contribution in [2.24, 2.45) is 10.8 Å². The van der Waals surface area contributed by atoms with E-state index in [4.69, 9.17) is 14.9 Å². The number of ether oxygens (including phenoxy) is 1. The van der Waals surface area contributed by atoms with Crippen molar-refractivity contribution in [1.82, 2.24) is 0 Å². The smallest absolute Gasteiger partial charge is 0.312 e. The van der Waals surface area contributed by atoms with Crippen LogP contribution in [-0.2, 0) is 9.53 Å². The van der Waals surface area contributed by atoms with E-state index in [0.717, 1.165) is 6.42 Å². The summed E-state index contributed by atoms with van der Waals surface area (Å²) in [7, 11) is 0. The second-order valence-electron chi connectivity index (χ2n) is 3.81. The van der Waals surface area contributed by atoms with Gasteiger partial charge in [0.2, 0.25) is 0 Å². The lowest BCUT2D eigenvalue weighted by molar-refractivity contribution is -0.146. The van der Waals surface area contributed by atoms with Crippen molar-refractivity contribution in [2.75, 3.05) is 19.8 Å². The first-order valence-corrected chi connectivity index (χ1v) is 4.09. The van der Waals surface area contributed by atoms with Gasteiger partial charge >= 0.3 is 5.97 Å². The highest BCUT2D eigenvalue weighted by atomic mass is 16.5. The number of carbonyl (C=O) groups is 1. The van der Waals surface area contributed by atoms with E-state index < -0.39 is 11.4 Å². The van der Waals surface area contributed by atoms with Crippen LogP contribution in [0.25, 0.3) is 0 Å². The molecule has 1 aliphatic heterocycles. The van der Waals surface area contributed by atoms with E-state index in [9.17, 15) is 4.79 Å². The zero-order chi connectivity index (χ0) is 8.82. The number of rotatable bonds is 2. The summed E-state index contributed by atoms with van der Waals surface area (Å²) in [5, 5.41) is 17.9. The number of hydrogen-bond donors (Lipinski definition) is 2. The third-order valence-corrected chi connectivity index (χ3v) is 3.31. The Morgan fingerprint density at radius 3 is 2.67 bits per heavy atom. The Labute approximate surface area is 70.1 Å². The van der Waals surface area contributed by atoms with Crippen LogP contribution in [0.15, 0.2) is 0 Å². The van der Waals surface area contributed by atoms with Crippen LogP contribution in [0.1, 0.15) is 12.8 Å². The van der Waals surface area contributed by atoms with Gasteiger partial charge in [-0.05, 0) is 12.8 Å². The van der Waals surface area contributed by atoms with Crippen molar-refractivity contribution < 1.29 is 19.7 Å². The van der Waals surface area contributed by atoms with Gasteiger partial charge in [0.1, 0.15) is 0 Å². The first kappa shape index (κ1) is 8.01. The third kappa shape index (κ3) is 0.716. The second kappa shape index (κ2) is 2.20. The average molecular weight is 172 g/mol. The number of carboxylic acid groups (broad SMARTS) is 1. The second-order valence-corrected chi connectivity index (χ2v) is 3.81. The molecule has 0 amide bonds. The summed E-state index contributed by atoms with van der Waals surface area (Å²) < 4.78 is 5.16. The fraction of sp³-hybridized carbons (Fsp3) is 0.875. The maximum Gasteiger partial charge on any atom is 0.312 e. The lowest BCUT2D eigenvalue weighted by Gasteiger charge is -2.13. The number of hydrogen-bond acceptors (Lipinski definition) is 3. The summed E-state index contributed by atoms with van der Waals surface area (Å²) in [6.45, 7) is 0.876. The van der Waals surface area contributed by atoms with Gasteiger partial charge in [0.25, 0.3) is 0 Å². The summed E-state index contributed by atoms with van der Waals surface area (Å²) >= 11 is 0. The number of aliphatic hydroxyl groups is 1. The van der Waals surface area contributed by atoms with Gasteiger partial charge in [-0.2, -0.15) is 0 Å². The molecule has 2 aliphatic rings. The summed E-state index contributed by atoms with van der Waals surface area (Å²) in [5.74, 6) is -0.879. The Morgan fingerprint density at radius 1 is 1.58 bits per heavy atom. The topological polar surface area (TPSA) is 66.8 Å². The van der Waals surface area contributed by atoms with Crippen molar-refractivity contribution in [3.8, 4) is 0 Å². The molecule has 2 atom stereocenters. The summed E-state index contributed by atoms with van der Waals surface area (Å²) in [6, 6.07) is 0. The molecule has 12 heavy (non-hydrogen) atoms. The fourth-order valence-corrected chi connectivity index (χ4v) is 2.25. The highest BCUT2D eigenvalue weighted by Gasteiger charge is 2.73. The number of aliphatic hydroxyl groups excluding tert-OH is 1. The van der Waals surface area contributed by atoms with E-state index in [1.807, 2.05) is 0 Å². The molecule has 0 radical (unpaired) electrons. The van der Waals surface area contributed by atoms with Gasteiger partial charge in [0, 0.05) is 12.0 Å². The van der Waals surface area contributed by atoms with Crippen LogP contribution in [0.4, 0.5) is 0 Å². The first-order valence-electron chi connectivity index (χ1n) is 4.09. The SMILES string of the molecule is O=C(O)C1(CO)CC12CCOC2. The van der Waals surface area contributed by atoms with Crippen LogP contribution in [0, 0.1) is 10.8 Å². The van der Waals surface area contributed by atoms with Crippen LogP contribution >= 0.6 is 0 Å². The van der Waals surface area contributed by atoms with E-state index in [1.54, 1.807) is 0 Å². The molecule has 2 rings (SSSR count). The van der Waals surface area contributed by atoms with E-state index in [-0.39, 0.29) is 12.0 Å². The average Bonchev–Trinajstić information content (AvgIpc) is 2.40. The minimum Gasteiger partial charge on any atom is -0.481 e. The normalized spacial score (nSPS) is 45.1. The molecule has 2 N–H and O–H groups in total. The van der Waals surface area contributed by atoms with Crippen LogP contribution in [0.2, 0.25) is 0 Å². The molecule has 1 heterocycles. The molecule has 0 aromatic heterocycles. The van der Waals surface area contributed by atoms with Gasteiger partial charge < -0.3 is 14.9 Å². The van der Waals surface area contributed by atoms with E-state index in [0.29, 0.717) is 19.6 Å². The molecule has 0 aromatic rings. The van der Waals surface area contributed by atoms with Crippen LogP contribution in [-0.4, -0.2) is 36.0 Å². The van der Waals surface area contributed by atoms with Crippen molar-refractivity contribution in [2.45, 2.75) is 12.8 Å². The molecule has 4 nitrogen and oxygen atoms in total. The van der Waals surface area contributed by atoms with Crippen molar-refractivity contribution in [1.29, 1.82) is 0 Å². The van der Waals surface area contributed by atoms with E-state index in [2.05, 4.69) is 0 Å². The predicted molar refractivity (Wildman–Crippen MR) is 39.6 cm³/mol. The third-order valence-electron chi connectivity index (χ3n) is 3.31. The van der Waals surface area contributed by atoms with Crippen LogP contribution in [0.3, 0.4) is 0 Å². The molecule has 1 spiro atoms. The maximum atomic E-state index is 10.9. The fourth-order valence-electron chi connectivity index (χ4n) is 2.25. The number of aliphatic carboxylic acids is 1. The first-order chi connectivity index (χ1) is 5.67. The molecule has 4 heteroatoms. The van der Waals surface area contributed by atoms with Gasteiger partial charge in [-0.1, -0.05) is 0 Å². The standard InChI is InChI=1S/C8H12O4/c9-4-8(6(10)11)3-7(8)1-2-12-5-7/h9H,1-5H2,(H,10,11). The molecule has 2 fully saturated rings. The molecule has 0 aromatic carbocycles. The summed E-state index contributed by atoms with van der Waals surface area (Å²) in [6.07, 6.45) is 1.35. The minimum atomic E-state index is -0.885. The molecule has 1 aliphatic carbocycles. The summed E-state index contributed by atoms with van der Waals surface area (Å²) in [4.78, 5) is 10.9. The predicted octanol–water partition coefficient (Wildman–Crippen LogP) is -0.140. The van der Waals surface area contributed by atoms with Gasteiger partial charge in [0.15, 0.2) is 0 Å². The van der Waals surface area contributed by atoms with Crippen LogP contribution in [0.5, 0.6) is 0 Å². The Morgan fingerprint density at radius 2 is 2.33 bits per heavy atom. The largest absolute Gasteiger partial charge is 0.481 e. The van der Waals surface area contributed by atoms with E-state index in [1.165, 1.54) is 0 Å². The summed E-state index contributed by atoms with van der Waals surface area (Å²) in [5.41, 5.74) is -1.13. The van der Waals surface area contributed by atoms with Gasteiger partial charge in [0.05, 0.1) is 18.6 Å². The zero-order valence-electron chi connectivity index (χ0n) is 6.75. The molecular weight excluding hydrogens is 160 g/mol. The maximum absolute atomic E-state index is 10.9. The van der Waals surface area contributed by atoms with Gasteiger partial charge in [-0.25, -0.2) is 0 Å². The molecule has 2 unspecified atom stereocenters. The Kier molecular flexibility index (Phi) is 1.47. The Balaban J connectivity index is 2.20. The highest BCUT2D eigenvalue weighted by Crippen LogP contribution is 2.67. The van der Waals surface area contributed by atoms with E-state index >= 15 is 0 Å². The van der Waals surface area contributed by atoms with Crippen molar-refractivity contribution in [3.63, 3.8) is 0 Å². The molecule has 1 saturated heterocycles. The van der Waals surface area contributed by atoms with Crippen LogP contribution < -0.4 is 0 Å². The Hall–Kier alpha value is -0.610.